The van der Waals surface area contributed by atoms with E-state index in [2.05, 4.69) is 10.5 Å². The average Bonchev–Trinajstić information content (AvgIpc) is 2.77. The molecule has 2 rings (SSSR count). The lowest BCUT2D eigenvalue weighted by atomic mass is 10.2. The molecule has 100 valence electrons. The molecule has 0 bridgehead atoms. The normalized spacial score (nSPS) is 10.3. The number of methoxy groups -OCH3 is 1. The highest BCUT2D eigenvalue weighted by Crippen LogP contribution is 2.34. The van der Waals surface area contributed by atoms with Crippen molar-refractivity contribution >= 4 is 35.0 Å². The molecule has 19 heavy (non-hydrogen) atoms. The molecule has 1 aromatic carbocycles. The third kappa shape index (κ3) is 2.83. The van der Waals surface area contributed by atoms with Crippen LogP contribution in [0.3, 0.4) is 0 Å². The fourth-order valence-corrected chi connectivity index (χ4v) is 2.01. The lowest BCUT2D eigenvalue weighted by Crippen LogP contribution is -2.13. The molecular formula is C12H10Cl2N2O3. The average molecular weight is 301 g/mol. The van der Waals surface area contributed by atoms with E-state index in [-0.39, 0.29) is 22.2 Å². The highest BCUT2D eigenvalue weighted by Gasteiger charge is 2.20. The Balaban J connectivity index is 2.36. The van der Waals surface area contributed by atoms with E-state index in [1.54, 1.807) is 19.1 Å². The molecule has 7 heteroatoms. The van der Waals surface area contributed by atoms with Gasteiger partial charge in [-0.15, -0.1) is 0 Å². The van der Waals surface area contributed by atoms with Gasteiger partial charge in [-0.3, -0.25) is 10.1 Å². The molecule has 1 N–H and O–H groups in total. The predicted molar refractivity (Wildman–Crippen MR) is 72.2 cm³/mol. The van der Waals surface area contributed by atoms with Gasteiger partial charge in [0.05, 0.1) is 22.8 Å². The summed E-state index contributed by atoms with van der Waals surface area (Å²) >= 11 is 12.0. The van der Waals surface area contributed by atoms with Crippen molar-refractivity contribution in [3.05, 3.63) is 39.5 Å². The lowest BCUT2D eigenvalue weighted by Gasteiger charge is -2.10. The molecule has 0 spiro atoms. The SMILES string of the molecule is COc1c(Cl)ccc(Cl)c1C(=O)Nc1cc(C)no1. The molecule has 0 aliphatic carbocycles. The number of carbonyl (C=O) groups excluding carboxylic acids is 1. The van der Waals surface area contributed by atoms with Crippen LogP contribution in [0, 0.1) is 6.92 Å². The highest BCUT2D eigenvalue weighted by molar-refractivity contribution is 6.37. The Kier molecular flexibility index (Phi) is 3.97. The third-order valence-corrected chi connectivity index (χ3v) is 2.97. The highest BCUT2D eigenvalue weighted by atomic mass is 35.5. The smallest absolute Gasteiger partial charge is 0.263 e. The molecule has 0 saturated heterocycles. The number of amides is 1. The minimum atomic E-state index is -0.486. The van der Waals surface area contributed by atoms with Crippen molar-refractivity contribution in [3.63, 3.8) is 0 Å². The largest absolute Gasteiger partial charge is 0.494 e. The van der Waals surface area contributed by atoms with Crippen LogP contribution in [-0.4, -0.2) is 18.2 Å². The summed E-state index contributed by atoms with van der Waals surface area (Å²) in [5, 5.41) is 6.73. The Morgan fingerprint density at radius 2 is 2.05 bits per heavy atom. The monoisotopic (exact) mass is 300 g/mol. The molecular weight excluding hydrogens is 291 g/mol. The summed E-state index contributed by atoms with van der Waals surface area (Å²) in [6, 6.07) is 4.66. The van der Waals surface area contributed by atoms with E-state index >= 15 is 0 Å². The summed E-state index contributed by atoms with van der Waals surface area (Å²) in [6.45, 7) is 1.74. The van der Waals surface area contributed by atoms with Gasteiger partial charge in [0.2, 0.25) is 5.88 Å². The van der Waals surface area contributed by atoms with E-state index in [4.69, 9.17) is 32.5 Å². The number of nitrogens with zero attached hydrogens (tertiary/aromatic N) is 1. The van der Waals surface area contributed by atoms with Crippen molar-refractivity contribution in [3.8, 4) is 5.75 Å². The van der Waals surface area contributed by atoms with Crippen LogP contribution in [0.2, 0.25) is 10.0 Å². The molecule has 1 heterocycles. The second-order valence-corrected chi connectivity index (χ2v) is 4.54. The number of aryl methyl sites for hydroxylation is 1. The fourth-order valence-electron chi connectivity index (χ4n) is 1.54. The first-order chi connectivity index (χ1) is 9.02. The van der Waals surface area contributed by atoms with Crippen molar-refractivity contribution < 1.29 is 14.1 Å². The molecule has 1 aromatic heterocycles. The number of carbonyl (C=O) groups is 1. The zero-order valence-corrected chi connectivity index (χ0v) is 11.7. The molecule has 0 aliphatic heterocycles. The summed E-state index contributed by atoms with van der Waals surface area (Å²) < 4.78 is 10.00. The van der Waals surface area contributed by atoms with Crippen LogP contribution in [0.1, 0.15) is 16.1 Å². The van der Waals surface area contributed by atoms with Crippen molar-refractivity contribution in [2.24, 2.45) is 0 Å². The predicted octanol–water partition coefficient (Wildman–Crippen LogP) is 3.55. The standard InChI is InChI=1S/C12H10Cl2N2O3/c1-6-5-9(19-16-6)15-12(17)10-7(13)3-4-8(14)11(10)18-2/h3-5H,1-2H3,(H,15,17). The minimum absolute atomic E-state index is 0.144. The summed E-state index contributed by atoms with van der Waals surface area (Å²) in [5.41, 5.74) is 0.796. The third-order valence-electron chi connectivity index (χ3n) is 2.35. The van der Waals surface area contributed by atoms with Crippen LogP contribution in [0.4, 0.5) is 5.88 Å². The van der Waals surface area contributed by atoms with Gasteiger partial charge in [-0.25, -0.2) is 0 Å². The van der Waals surface area contributed by atoms with E-state index in [0.717, 1.165) is 0 Å². The number of anilines is 1. The quantitative estimate of drug-likeness (QED) is 0.941. The number of rotatable bonds is 3. The van der Waals surface area contributed by atoms with Crippen molar-refractivity contribution in [1.82, 2.24) is 5.16 Å². The van der Waals surface area contributed by atoms with Crippen LogP contribution in [0.5, 0.6) is 5.75 Å². The van der Waals surface area contributed by atoms with Gasteiger partial charge in [-0.2, -0.15) is 0 Å². The van der Waals surface area contributed by atoms with Gasteiger partial charge in [0.1, 0.15) is 5.56 Å². The summed E-state index contributed by atoms with van der Waals surface area (Å²) in [5.74, 6) is -0.0519. The first-order valence-electron chi connectivity index (χ1n) is 5.29. The number of aromatic nitrogens is 1. The van der Waals surface area contributed by atoms with Gasteiger partial charge < -0.3 is 9.26 Å². The molecule has 0 radical (unpaired) electrons. The van der Waals surface area contributed by atoms with Crippen LogP contribution >= 0.6 is 23.2 Å². The van der Waals surface area contributed by atoms with Crippen molar-refractivity contribution in [1.29, 1.82) is 0 Å². The van der Waals surface area contributed by atoms with Crippen LogP contribution in [0.25, 0.3) is 0 Å². The molecule has 0 unspecified atom stereocenters. The number of hydrogen-bond donors (Lipinski definition) is 1. The summed E-state index contributed by atoms with van der Waals surface area (Å²) in [7, 11) is 1.41. The second-order valence-electron chi connectivity index (χ2n) is 3.72. The Morgan fingerprint density at radius 1 is 1.37 bits per heavy atom. The van der Waals surface area contributed by atoms with E-state index in [1.165, 1.54) is 13.2 Å². The first kappa shape index (κ1) is 13.7. The van der Waals surface area contributed by atoms with Gasteiger partial charge in [0.15, 0.2) is 5.75 Å². The Labute approximate surface area is 119 Å². The molecule has 0 aliphatic rings. The summed E-state index contributed by atoms with van der Waals surface area (Å²) in [6.07, 6.45) is 0. The maximum atomic E-state index is 12.2. The van der Waals surface area contributed by atoms with Crippen LogP contribution in [0.15, 0.2) is 22.7 Å². The molecule has 5 nitrogen and oxygen atoms in total. The van der Waals surface area contributed by atoms with Gasteiger partial charge in [0, 0.05) is 6.07 Å². The van der Waals surface area contributed by atoms with Crippen molar-refractivity contribution in [2.45, 2.75) is 6.92 Å². The van der Waals surface area contributed by atoms with Gasteiger partial charge >= 0.3 is 0 Å². The molecule has 2 aromatic rings. The first-order valence-corrected chi connectivity index (χ1v) is 6.05. The number of ether oxygens (including phenoxy) is 1. The summed E-state index contributed by atoms with van der Waals surface area (Å²) in [4.78, 5) is 12.2. The maximum Gasteiger partial charge on any atom is 0.263 e. The Morgan fingerprint density at radius 3 is 2.63 bits per heavy atom. The second kappa shape index (κ2) is 5.50. The number of nitrogens with one attached hydrogen (secondary N) is 1. The van der Waals surface area contributed by atoms with E-state index in [1.807, 2.05) is 0 Å². The van der Waals surface area contributed by atoms with Gasteiger partial charge in [-0.1, -0.05) is 28.4 Å². The van der Waals surface area contributed by atoms with Crippen LogP contribution in [-0.2, 0) is 0 Å². The van der Waals surface area contributed by atoms with Gasteiger partial charge in [0.25, 0.3) is 5.91 Å². The minimum Gasteiger partial charge on any atom is -0.494 e. The Bertz CT molecular complexity index is 625. The topological polar surface area (TPSA) is 64.4 Å². The zero-order valence-electron chi connectivity index (χ0n) is 10.2. The molecule has 1 amide bonds. The van der Waals surface area contributed by atoms with Crippen LogP contribution < -0.4 is 10.1 Å². The molecule has 0 atom stereocenters. The zero-order chi connectivity index (χ0) is 14.0. The van der Waals surface area contributed by atoms with E-state index in [9.17, 15) is 4.79 Å². The Hall–Kier alpha value is -1.72. The number of halogens is 2. The van der Waals surface area contributed by atoms with E-state index in [0.29, 0.717) is 10.7 Å². The number of benzene rings is 1. The maximum absolute atomic E-state index is 12.2. The molecule has 0 saturated carbocycles. The van der Waals surface area contributed by atoms with Gasteiger partial charge in [-0.05, 0) is 19.1 Å². The lowest BCUT2D eigenvalue weighted by molar-refractivity contribution is 0.102. The molecule has 0 fully saturated rings. The van der Waals surface area contributed by atoms with Crippen molar-refractivity contribution in [2.75, 3.05) is 12.4 Å². The van der Waals surface area contributed by atoms with E-state index < -0.39 is 5.91 Å². The fraction of sp³-hybridized carbons (Fsp3) is 0.167. The number of hydrogen-bond acceptors (Lipinski definition) is 4.